The molecule has 1 heterocycles. The first-order chi connectivity index (χ1) is 6.36. The van der Waals surface area contributed by atoms with Crippen molar-refractivity contribution in [1.29, 1.82) is 0 Å². The second kappa shape index (κ2) is 2.26. The van der Waals surface area contributed by atoms with E-state index in [1.807, 2.05) is 12.1 Å². The van der Waals surface area contributed by atoms with Gasteiger partial charge in [-0.2, -0.15) is 0 Å². The van der Waals surface area contributed by atoms with Crippen molar-refractivity contribution in [2.24, 2.45) is 0 Å². The molecule has 3 rings (SSSR count). The van der Waals surface area contributed by atoms with Crippen LogP contribution < -0.4 is 4.74 Å². The fourth-order valence-electron chi connectivity index (χ4n) is 2.29. The lowest BCUT2D eigenvalue weighted by Crippen LogP contribution is -2.01. The molecule has 1 unspecified atom stereocenters. The van der Waals surface area contributed by atoms with Crippen LogP contribution in [0.15, 0.2) is 18.2 Å². The maximum atomic E-state index is 5.53. The van der Waals surface area contributed by atoms with Gasteiger partial charge in [0.05, 0.1) is 13.7 Å². The lowest BCUT2D eigenvalue weighted by molar-refractivity contribution is 0.308. The minimum atomic E-state index is 0.0872. The first kappa shape index (κ1) is 7.39. The molecule has 1 aliphatic carbocycles. The van der Waals surface area contributed by atoms with E-state index in [0.717, 1.165) is 25.2 Å². The van der Waals surface area contributed by atoms with E-state index < -0.39 is 0 Å². The van der Waals surface area contributed by atoms with E-state index in [1.54, 1.807) is 7.11 Å². The van der Waals surface area contributed by atoms with Crippen LogP contribution in [0.3, 0.4) is 0 Å². The summed E-state index contributed by atoms with van der Waals surface area (Å²) in [7, 11) is 1.73. The molecular weight excluding hydrogens is 164 g/mol. The van der Waals surface area contributed by atoms with Crippen molar-refractivity contribution in [2.45, 2.75) is 18.4 Å². The van der Waals surface area contributed by atoms with Gasteiger partial charge in [-0.1, -0.05) is 12.1 Å². The summed E-state index contributed by atoms with van der Waals surface area (Å²) >= 11 is 0. The molecule has 0 radical (unpaired) electrons. The summed E-state index contributed by atoms with van der Waals surface area (Å²) in [6.45, 7) is 0.896. The molecule has 1 aromatic carbocycles. The van der Waals surface area contributed by atoms with Crippen LogP contribution in [0, 0.1) is 0 Å². The molecule has 0 bridgehead atoms. The second-order valence-electron chi connectivity index (χ2n) is 3.77. The van der Waals surface area contributed by atoms with Gasteiger partial charge in [-0.25, -0.2) is 0 Å². The SMILES string of the molecule is COc1cccc2c1CCC21CO1. The predicted octanol–water partition coefficient (Wildman–Crippen LogP) is 1.87. The summed E-state index contributed by atoms with van der Waals surface area (Å²) in [6, 6.07) is 6.24. The van der Waals surface area contributed by atoms with Crippen molar-refractivity contribution in [1.82, 2.24) is 0 Å². The number of ether oxygens (including phenoxy) is 2. The van der Waals surface area contributed by atoms with Crippen LogP contribution in [-0.4, -0.2) is 13.7 Å². The van der Waals surface area contributed by atoms with Gasteiger partial charge in [0.15, 0.2) is 0 Å². The number of fused-ring (bicyclic) bond motifs is 2. The molecule has 0 saturated carbocycles. The van der Waals surface area contributed by atoms with Crippen LogP contribution >= 0.6 is 0 Å². The molecule has 1 saturated heterocycles. The second-order valence-corrected chi connectivity index (χ2v) is 3.77. The molecule has 2 heteroatoms. The highest BCUT2D eigenvalue weighted by molar-refractivity contribution is 5.48. The molecule has 0 amide bonds. The Kier molecular flexibility index (Phi) is 1.29. The Hall–Kier alpha value is -1.02. The zero-order valence-corrected chi connectivity index (χ0v) is 7.67. The van der Waals surface area contributed by atoms with E-state index in [1.165, 1.54) is 11.1 Å². The number of methoxy groups -OCH3 is 1. The molecule has 2 aliphatic rings. The Balaban J connectivity index is 2.17. The molecule has 1 aromatic rings. The van der Waals surface area contributed by atoms with Crippen LogP contribution in [0.4, 0.5) is 0 Å². The Morgan fingerprint density at radius 1 is 1.46 bits per heavy atom. The normalized spacial score (nSPS) is 29.0. The minimum absolute atomic E-state index is 0.0872. The average Bonchev–Trinajstić information content (AvgIpc) is 2.85. The van der Waals surface area contributed by atoms with Crippen molar-refractivity contribution in [3.8, 4) is 5.75 Å². The third-order valence-electron chi connectivity index (χ3n) is 3.12. The number of hydrogen-bond donors (Lipinski definition) is 0. The van der Waals surface area contributed by atoms with Crippen molar-refractivity contribution in [3.63, 3.8) is 0 Å². The van der Waals surface area contributed by atoms with E-state index in [2.05, 4.69) is 6.07 Å². The maximum Gasteiger partial charge on any atom is 0.122 e. The van der Waals surface area contributed by atoms with Crippen LogP contribution in [0.1, 0.15) is 17.5 Å². The van der Waals surface area contributed by atoms with Crippen LogP contribution in [0.2, 0.25) is 0 Å². The van der Waals surface area contributed by atoms with E-state index in [9.17, 15) is 0 Å². The quantitative estimate of drug-likeness (QED) is 0.609. The molecule has 68 valence electrons. The van der Waals surface area contributed by atoms with Crippen LogP contribution in [0.5, 0.6) is 5.75 Å². The molecule has 2 nitrogen and oxygen atoms in total. The summed E-state index contributed by atoms with van der Waals surface area (Å²) in [6.07, 6.45) is 2.22. The monoisotopic (exact) mass is 176 g/mol. The van der Waals surface area contributed by atoms with Gasteiger partial charge in [0.2, 0.25) is 0 Å². The fraction of sp³-hybridized carbons (Fsp3) is 0.455. The molecule has 1 spiro atoms. The van der Waals surface area contributed by atoms with Gasteiger partial charge in [-0.15, -0.1) is 0 Å². The zero-order valence-electron chi connectivity index (χ0n) is 7.67. The van der Waals surface area contributed by atoms with Gasteiger partial charge in [-0.05, 0) is 24.5 Å². The van der Waals surface area contributed by atoms with Crippen molar-refractivity contribution in [2.75, 3.05) is 13.7 Å². The molecule has 0 N–H and O–H groups in total. The summed E-state index contributed by atoms with van der Waals surface area (Å²) in [5, 5.41) is 0. The minimum Gasteiger partial charge on any atom is -0.496 e. The summed E-state index contributed by atoms with van der Waals surface area (Å²) in [5.74, 6) is 1.02. The largest absolute Gasteiger partial charge is 0.496 e. The van der Waals surface area contributed by atoms with E-state index in [0.29, 0.717) is 0 Å². The Labute approximate surface area is 77.5 Å². The van der Waals surface area contributed by atoms with E-state index in [4.69, 9.17) is 9.47 Å². The fourth-order valence-corrected chi connectivity index (χ4v) is 2.29. The molecule has 1 atom stereocenters. The van der Waals surface area contributed by atoms with Crippen molar-refractivity contribution < 1.29 is 9.47 Å². The van der Waals surface area contributed by atoms with Gasteiger partial charge in [0.25, 0.3) is 0 Å². The van der Waals surface area contributed by atoms with Gasteiger partial charge < -0.3 is 9.47 Å². The average molecular weight is 176 g/mol. The molecule has 13 heavy (non-hydrogen) atoms. The topological polar surface area (TPSA) is 21.8 Å². The third-order valence-corrected chi connectivity index (χ3v) is 3.12. The first-order valence-electron chi connectivity index (χ1n) is 4.66. The standard InChI is InChI=1S/C11H12O2/c1-12-10-4-2-3-9-8(10)5-6-11(9)7-13-11/h2-4H,5-7H2,1H3. The smallest absolute Gasteiger partial charge is 0.122 e. The van der Waals surface area contributed by atoms with Crippen LogP contribution in [-0.2, 0) is 16.8 Å². The molecule has 1 fully saturated rings. The summed E-state index contributed by atoms with van der Waals surface area (Å²) in [5.41, 5.74) is 2.79. The summed E-state index contributed by atoms with van der Waals surface area (Å²) < 4.78 is 10.8. The third kappa shape index (κ3) is 0.866. The van der Waals surface area contributed by atoms with E-state index in [-0.39, 0.29) is 5.60 Å². The Morgan fingerprint density at radius 2 is 2.31 bits per heavy atom. The van der Waals surface area contributed by atoms with Crippen molar-refractivity contribution >= 4 is 0 Å². The number of rotatable bonds is 1. The highest BCUT2D eigenvalue weighted by atomic mass is 16.6. The van der Waals surface area contributed by atoms with Gasteiger partial charge in [0.1, 0.15) is 11.4 Å². The maximum absolute atomic E-state index is 5.53. The first-order valence-corrected chi connectivity index (χ1v) is 4.66. The van der Waals surface area contributed by atoms with E-state index >= 15 is 0 Å². The van der Waals surface area contributed by atoms with Gasteiger partial charge >= 0.3 is 0 Å². The molecule has 1 aliphatic heterocycles. The predicted molar refractivity (Wildman–Crippen MR) is 48.9 cm³/mol. The Morgan fingerprint density at radius 3 is 3.00 bits per heavy atom. The van der Waals surface area contributed by atoms with Gasteiger partial charge in [-0.3, -0.25) is 0 Å². The Bertz CT molecular complexity index is 353. The zero-order chi connectivity index (χ0) is 8.89. The molecule has 0 aromatic heterocycles. The number of epoxide rings is 1. The highest BCUT2D eigenvalue weighted by Crippen LogP contribution is 2.51. The lowest BCUT2D eigenvalue weighted by Gasteiger charge is -2.07. The lowest BCUT2D eigenvalue weighted by atomic mass is 10.0. The van der Waals surface area contributed by atoms with Crippen LogP contribution in [0.25, 0.3) is 0 Å². The number of benzene rings is 1. The number of hydrogen-bond acceptors (Lipinski definition) is 2. The van der Waals surface area contributed by atoms with Gasteiger partial charge in [0, 0.05) is 5.56 Å². The highest BCUT2D eigenvalue weighted by Gasteiger charge is 2.51. The molecular formula is C11H12O2. The van der Waals surface area contributed by atoms with Crippen molar-refractivity contribution in [3.05, 3.63) is 29.3 Å². The summed E-state index contributed by atoms with van der Waals surface area (Å²) in [4.78, 5) is 0.